The van der Waals surface area contributed by atoms with Crippen molar-refractivity contribution in [3.8, 4) is 0 Å². The van der Waals surface area contributed by atoms with E-state index in [-0.39, 0.29) is 30.4 Å². The molecule has 114 valence electrons. The smallest absolute Gasteiger partial charge is 0.303 e. The van der Waals surface area contributed by atoms with Crippen LogP contribution in [0, 0.1) is 5.41 Å². The molecule has 0 aromatic rings. The van der Waals surface area contributed by atoms with Gasteiger partial charge in [-0.25, -0.2) is 0 Å². The third kappa shape index (κ3) is 3.51. The van der Waals surface area contributed by atoms with Crippen LogP contribution >= 0.6 is 0 Å². The number of aliphatic hydroxyl groups excluding tert-OH is 1. The summed E-state index contributed by atoms with van der Waals surface area (Å²) in [6.07, 6.45) is 7.06. The molecular weight excluding hydrogens is 258 g/mol. The maximum atomic E-state index is 12.5. The first-order valence-corrected chi connectivity index (χ1v) is 7.68. The summed E-state index contributed by atoms with van der Waals surface area (Å²) < 4.78 is 0. The number of carbonyl (C=O) groups excluding carboxylic acids is 1. The Bertz CT molecular complexity index is 363. The zero-order valence-electron chi connectivity index (χ0n) is 12.0. The van der Waals surface area contributed by atoms with Gasteiger partial charge >= 0.3 is 5.97 Å². The Morgan fingerprint density at radius 3 is 2.40 bits per heavy atom. The normalized spacial score (nSPS) is 25.6. The number of rotatable bonds is 5. The molecule has 0 radical (unpaired) electrons. The van der Waals surface area contributed by atoms with Gasteiger partial charge in [-0.05, 0) is 31.1 Å². The summed E-state index contributed by atoms with van der Waals surface area (Å²) >= 11 is 0. The van der Waals surface area contributed by atoms with Gasteiger partial charge in [0, 0.05) is 13.0 Å². The van der Waals surface area contributed by atoms with Crippen LogP contribution in [0.4, 0.5) is 0 Å². The summed E-state index contributed by atoms with van der Waals surface area (Å²) in [6, 6.07) is -0.0621. The fourth-order valence-corrected chi connectivity index (χ4v) is 3.81. The number of carboxylic acids is 1. The molecule has 0 bridgehead atoms. The van der Waals surface area contributed by atoms with Crippen molar-refractivity contribution in [1.29, 1.82) is 0 Å². The molecule has 1 aliphatic carbocycles. The van der Waals surface area contributed by atoms with Crippen molar-refractivity contribution in [3.05, 3.63) is 0 Å². The van der Waals surface area contributed by atoms with Crippen LogP contribution in [0.25, 0.3) is 0 Å². The third-order valence-electron chi connectivity index (χ3n) is 4.87. The van der Waals surface area contributed by atoms with Gasteiger partial charge in [0.15, 0.2) is 0 Å². The lowest BCUT2D eigenvalue weighted by molar-refractivity contribution is -0.143. The summed E-state index contributed by atoms with van der Waals surface area (Å²) in [6.45, 7) is 0.713. The van der Waals surface area contributed by atoms with E-state index >= 15 is 0 Å². The standard InChI is InChI=1S/C15H25NO4/c17-11-12-5-4-8-16(12)13(18)9-15(10-14(19)20)6-2-1-3-7-15/h12,17H,1-11H2,(H,19,20). The molecule has 2 aliphatic rings. The molecule has 1 amide bonds. The van der Waals surface area contributed by atoms with E-state index in [2.05, 4.69) is 0 Å². The number of amides is 1. The molecule has 1 atom stereocenters. The first-order valence-electron chi connectivity index (χ1n) is 7.68. The maximum Gasteiger partial charge on any atom is 0.303 e. The highest BCUT2D eigenvalue weighted by atomic mass is 16.4. The van der Waals surface area contributed by atoms with E-state index in [1.807, 2.05) is 0 Å². The fraction of sp³-hybridized carbons (Fsp3) is 0.867. The lowest BCUT2D eigenvalue weighted by atomic mass is 9.69. The fourth-order valence-electron chi connectivity index (χ4n) is 3.81. The first kappa shape index (κ1) is 15.3. The SMILES string of the molecule is O=C(O)CC1(CC(=O)N2CCCC2CO)CCCCC1. The average molecular weight is 283 g/mol. The first-order chi connectivity index (χ1) is 9.56. The van der Waals surface area contributed by atoms with E-state index in [0.717, 1.165) is 44.9 Å². The van der Waals surface area contributed by atoms with E-state index in [0.29, 0.717) is 13.0 Å². The Labute approximate surface area is 120 Å². The third-order valence-corrected chi connectivity index (χ3v) is 4.87. The highest BCUT2D eigenvalue weighted by Crippen LogP contribution is 2.43. The molecule has 2 fully saturated rings. The van der Waals surface area contributed by atoms with E-state index in [1.54, 1.807) is 4.90 Å². The number of aliphatic carboxylic acids is 1. The van der Waals surface area contributed by atoms with Gasteiger partial charge in [0.05, 0.1) is 19.1 Å². The van der Waals surface area contributed by atoms with Crippen molar-refractivity contribution < 1.29 is 19.8 Å². The molecule has 0 aromatic heterocycles. The van der Waals surface area contributed by atoms with Crippen LogP contribution in [0.2, 0.25) is 0 Å². The van der Waals surface area contributed by atoms with Crippen LogP contribution in [0.1, 0.15) is 57.8 Å². The molecule has 5 nitrogen and oxygen atoms in total. The van der Waals surface area contributed by atoms with Gasteiger partial charge in [0.1, 0.15) is 0 Å². The highest BCUT2D eigenvalue weighted by Gasteiger charge is 2.39. The minimum atomic E-state index is -0.806. The van der Waals surface area contributed by atoms with Gasteiger partial charge in [-0.1, -0.05) is 19.3 Å². The predicted octanol–water partition coefficient (Wildman–Crippen LogP) is 1.78. The van der Waals surface area contributed by atoms with Crippen LogP contribution in [-0.4, -0.2) is 46.2 Å². The Morgan fingerprint density at radius 1 is 1.10 bits per heavy atom. The predicted molar refractivity (Wildman–Crippen MR) is 74.2 cm³/mol. The van der Waals surface area contributed by atoms with E-state index < -0.39 is 5.97 Å². The summed E-state index contributed by atoms with van der Waals surface area (Å²) in [5, 5.41) is 18.5. The molecule has 0 aromatic carbocycles. The van der Waals surface area contributed by atoms with E-state index in [9.17, 15) is 14.7 Å². The molecule has 1 saturated carbocycles. The van der Waals surface area contributed by atoms with Gasteiger partial charge in [-0.3, -0.25) is 9.59 Å². The summed E-state index contributed by atoms with van der Waals surface area (Å²) in [7, 11) is 0. The van der Waals surface area contributed by atoms with Crippen molar-refractivity contribution in [2.45, 2.75) is 63.8 Å². The second kappa shape index (κ2) is 6.57. The summed E-state index contributed by atoms with van der Waals surface area (Å²) in [5.74, 6) is -0.774. The Kier molecular flexibility index (Phi) is 5.02. The minimum absolute atomic E-state index is 0.0116. The Hall–Kier alpha value is -1.10. The van der Waals surface area contributed by atoms with Crippen molar-refractivity contribution in [1.82, 2.24) is 4.90 Å². The summed E-state index contributed by atoms with van der Waals surface area (Å²) in [5.41, 5.74) is -0.357. The monoisotopic (exact) mass is 283 g/mol. The second-order valence-corrected chi connectivity index (χ2v) is 6.37. The van der Waals surface area contributed by atoms with Crippen molar-refractivity contribution in [2.75, 3.05) is 13.2 Å². The Morgan fingerprint density at radius 2 is 1.80 bits per heavy atom. The average Bonchev–Trinajstić information content (AvgIpc) is 2.87. The van der Waals surface area contributed by atoms with Crippen LogP contribution in [0.3, 0.4) is 0 Å². The van der Waals surface area contributed by atoms with Crippen molar-refractivity contribution >= 4 is 11.9 Å². The molecule has 1 heterocycles. The maximum absolute atomic E-state index is 12.5. The van der Waals surface area contributed by atoms with Gasteiger partial charge in [0.2, 0.25) is 5.91 Å². The highest BCUT2D eigenvalue weighted by molar-refractivity contribution is 5.79. The van der Waals surface area contributed by atoms with Gasteiger partial charge < -0.3 is 15.1 Å². The molecule has 1 saturated heterocycles. The molecule has 5 heteroatoms. The van der Waals surface area contributed by atoms with E-state index in [1.165, 1.54) is 0 Å². The number of aliphatic hydroxyl groups is 1. The largest absolute Gasteiger partial charge is 0.481 e. The number of hydrogen-bond donors (Lipinski definition) is 2. The zero-order valence-corrected chi connectivity index (χ0v) is 12.0. The molecular formula is C15H25NO4. The number of likely N-dealkylation sites (tertiary alicyclic amines) is 1. The van der Waals surface area contributed by atoms with Crippen LogP contribution < -0.4 is 0 Å². The minimum Gasteiger partial charge on any atom is -0.481 e. The topological polar surface area (TPSA) is 77.8 Å². The van der Waals surface area contributed by atoms with Gasteiger partial charge in [-0.15, -0.1) is 0 Å². The number of carbonyl (C=O) groups is 2. The van der Waals surface area contributed by atoms with Crippen molar-refractivity contribution in [2.24, 2.45) is 5.41 Å². The lowest BCUT2D eigenvalue weighted by Gasteiger charge is -2.37. The van der Waals surface area contributed by atoms with Crippen LogP contribution in [-0.2, 0) is 9.59 Å². The zero-order chi connectivity index (χ0) is 14.6. The van der Waals surface area contributed by atoms with Gasteiger partial charge in [0.25, 0.3) is 0 Å². The van der Waals surface area contributed by atoms with Crippen LogP contribution in [0.15, 0.2) is 0 Å². The van der Waals surface area contributed by atoms with Crippen LogP contribution in [0.5, 0.6) is 0 Å². The molecule has 0 spiro atoms. The summed E-state index contributed by atoms with van der Waals surface area (Å²) in [4.78, 5) is 25.4. The number of hydrogen-bond acceptors (Lipinski definition) is 3. The quantitative estimate of drug-likeness (QED) is 0.806. The second-order valence-electron chi connectivity index (χ2n) is 6.37. The molecule has 2 rings (SSSR count). The molecule has 20 heavy (non-hydrogen) atoms. The molecule has 1 unspecified atom stereocenters. The van der Waals surface area contributed by atoms with Gasteiger partial charge in [-0.2, -0.15) is 0 Å². The molecule has 1 aliphatic heterocycles. The van der Waals surface area contributed by atoms with Crippen molar-refractivity contribution in [3.63, 3.8) is 0 Å². The van der Waals surface area contributed by atoms with E-state index in [4.69, 9.17) is 5.11 Å². The lowest BCUT2D eigenvalue weighted by Crippen LogP contribution is -2.41. The molecule has 2 N–H and O–H groups in total. The Balaban J connectivity index is 2.03. The number of nitrogens with zero attached hydrogens (tertiary/aromatic N) is 1. The number of carboxylic acid groups (broad SMARTS) is 1.